The molecule has 0 radical (unpaired) electrons. The van der Waals surface area contributed by atoms with E-state index in [2.05, 4.69) is 51.0 Å². The summed E-state index contributed by atoms with van der Waals surface area (Å²) in [5.41, 5.74) is 0.121. The molecule has 0 aliphatic rings. The monoisotopic (exact) mass is 368 g/mol. The van der Waals surface area contributed by atoms with Crippen molar-refractivity contribution in [2.75, 3.05) is 26.2 Å². The van der Waals surface area contributed by atoms with Crippen molar-refractivity contribution in [3.63, 3.8) is 0 Å². The van der Waals surface area contributed by atoms with E-state index in [9.17, 15) is 0 Å². The fraction of sp³-hybridized carbons (Fsp3) is 0.909. The maximum absolute atomic E-state index is 4.60. The second-order valence-corrected chi connectivity index (χ2v) is 8.94. The highest BCUT2D eigenvalue weighted by atomic mass is 28.1. The fourth-order valence-corrected chi connectivity index (χ4v) is 4.86. The van der Waals surface area contributed by atoms with Crippen molar-refractivity contribution in [1.29, 1.82) is 0 Å². The van der Waals surface area contributed by atoms with Gasteiger partial charge in [-0.1, -0.05) is 71.9 Å². The summed E-state index contributed by atoms with van der Waals surface area (Å²) in [6, 6.07) is 0. The van der Waals surface area contributed by atoms with Crippen LogP contribution in [0.3, 0.4) is 0 Å². The molecule has 0 saturated heterocycles. The van der Waals surface area contributed by atoms with Crippen molar-refractivity contribution in [2.45, 2.75) is 104 Å². The van der Waals surface area contributed by atoms with E-state index in [0.29, 0.717) is 0 Å². The summed E-state index contributed by atoms with van der Waals surface area (Å²) >= 11 is 0. The highest BCUT2D eigenvalue weighted by Crippen LogP contribution is 2.33. The summed E-state index contributed by atoms with van der Waals surface area (Å²) in [6.45, 7) is 21.2. The van der Waals surface area contributed by atoms with E-state index < -0.39 is 0 Å². The smallest absolute Gasteiger partial charge is 0.0910 e. The van der Waals surface area contributed by atoms with Gasteiger partial charge in [-0.15, -0.1) is 6.58 Å². The van der Waals surface area contributed by atoms with E-state index >= 15 is 0 Å². The Kier molecular flexibility index (Phi) is 14.9. The van der Waals surface area contributed by atoms with Gasteiger partial charge in [0, 0.05) is 36.4 Å². The molecule has 0 N–H and O–H groups in total. The zero-order valence-electron chi connectivity index (χ0n) is 18.5. The van der Waals surface area contributed by atoms with Gasteiger partial charge in [0.2, 0.25) is 0 Å². The molecule has 0 amide bonds. The lowest BCUT2D eigenvalue weighted by molar-refractivity contribution is -0.0366. The van der Waals surface area contributed by atoms with E-state index in [1.807, 2.05) is 0 Å². The van der Waals surface area contributed by atoms with Crippen LogP contribution in [0.5, 0.6) is 0 Å². The van der Waals surface area contributed by atoms with Gasteiger partial charge in [0.25, 0.3) is 0 Å². The maximum atomic E-state index is 4.60. The second kappa shape index (κ2) is 15.0. The van der Waals surface area contributed by atoms with Gasteiger partial charge in [-0.3, -0.25) is 9.80 Å². The standard InChI is InChI=1S/C22H48N2Si/c1-7-12-17-23(18-13-8-2)22(16-11-5,21(6)25)24(19-14-9-3)20-15-10-4/h6-20H2,1-5,25H3. The Morgan fingerprint density at radius 1 is 0.680 bits per heavy atom. The number of hydrogen-bond acceptors (Lipinski definition) is 2. The molecule has 0 aromatic rings. The summed E-state index contributed by atoms with van der Waals surface area (Å²) < 4.78 is 0. The molecule has 0 atom stereocenters. The van der Waals surface area contributed by atoms with Crippen LogP contribution in [0.15, 0.2) is 11.8 Å². The lowest BCUT2D eigenvalue weighted by Crippen LogP contribution is -2.62. The Bertz CT molecular complexity index is 294. The van der Waals surface area contributed by atoms with Gasteiger partial charge in [-0.25, -0.2) is 0 Å². The SMILES string of the molecule is C=C([SiH3])C(CCC)(N(CCCC)CCCC)N(CCCC)CCCC. The first kappa shape index (κ1) is 24.9. The van der Waals surface area contributed by atoms with Crippen LogP contribution in [0.25, 0.3) is 0 Å². The number of hydrogen-bond donors (Lipinski definition) is 0. The topological polar surface area (TPSA) is 6.48 Å². The van der Waals surface area contributed by atoms with Crippen LogP contribution >= 0.6 is 0 Å². The van der Waals surface area contributed by atoms with Crippen LogP contribution in [0.4, 0.5) is 0 Å². The van der Waals surface area contributed by atoms with Crippen LogP contribution in [-0.2, 0) is 0 Å². The minimum atomic E-state index is 0.121. The largest absolute Gasteiger partial charge is 0.282 e. The fourth-order valence-electron chi connectivity index (χ4n) is 3.98. The van der Waals surface area contributed by atoms with Crippen LogP contribution in [0, 0.1) is 0 Å². The van der Waals surface area contributed by atoms with Gasteiger partial charge in [0.15, 0.2) is 0 Å². The van der Waals surface area contributed by atoms with Gasteiger partial charge in [-0.2, -0.15) is 0 Å². The van der Waals surface area contributed by atoms with Crippen molar-refractivity contribution in [1.82, 2.24) is 9.80 Å². The van der Waals surface area contributed by atoms with Crippen LogP contribution in [-0.4, -0.2) is 51.9 Å². The summed E-state index contributed by atoms with van der Waals surface area (Å²) in [5, 5.41) is 1.49. The molecule has 0 aromatic heterocycles. The third-order valence-corrected chi connectivity index (χ3v) is 6.26. The third-order valence-electron chi connectivity index (χ3n) is 5.45. The predicted molar refractivity (Wildman–Crippen MR) is 119 cm³/mol. The van der Waals surface area contributed by atoms with Gasteiger partial charge in [0.05, 0.1) is 5.66 Å². The molecule has 2 nitrogen and oxygen atoms in total. The highest BCUT2D eigenvalue weighted by molar-refractivity contribution is 6.22. The molecule has 0 aliphatic heterocycles. The molecular formula is C22H48N2Si. The van der Waals surface area contributed by atoms with Crippen LogP contribution in [0.2, 0.25) is 0 Å². The first-order chi connectivity index (χ1) is 12.0. The number of nitrogens with zero attached hydrogens (tertiary/aromatic N) is 2. The van der Waals surface area contributed by atoms with Gasteiger partial charge < -0.3 is 0 Å². The van der Waals surface area contributed by atoms with Gasteiger partial charge >= 0.3 is 0 Å². The lowest BCUT2D eigenvalue weighted by Gasteiger charge is -2.53. The molecule has 0 aromatic carbocycles. The quantitative estimate of drug-likeness (QED) is 0.258. The Hall–Kier alpha value is -0.123. The van der Waals surface area contributed by atoms with E-state index in [-0.39, 0.29) is 5.66 Å². The van der Waals surface area contributed by atoms with E-state index in [0.717, 1.165) is 10.2 Å². The summed E-state index contributed by atoms with van der Waals surface area (Å²) in [4.78, 5) is 5.67. The van der Waals surface area contributed by atoms with E-state index in [4.69, 9.17) is 0 Å². The molecule has 0 spiro atoms. The minimum Gasteiger partial charge on any atom is -0.282 e. The van der Waals surface area contributed by atoms with Crippen molar-refractivity contribution < 1.29 is 0 Å². The third kappa shape index (κ3) is 7.97. The Balaban J connectivity index is 5.79. The molecule has 0 saturated carbocycles. The molecular weight excluding hydrogens is 320 g/mol. The first-order valence-electron chi connectivity index (χ1n) is 11.2. The average Bonchev–Trinajstić information content (AvgIpc) is 2.60. The van der Waals surface area contributed by atoms with Crippen molar-refractivity contribution >= 4 is 10.2 Å². The van der Waals surface area contributed by atoms with Crippen molar-refractivity contribution in [3.8, 4) is 0 Å². The normalized spacial score (nSPS) is 12.4. The maximum Gasteiger partial charge on any atom is 0.0910 e. The van der Waals surface area contributed by atoms with Crippen LogP contribution in [0.1, 0.15) is 98.8 Å². The molecule has 0 rings (SSSR count). The van der Waals surface area contributed by atoms with E-state index in [1.54, 1.807) is 0 Å². The molecule has 150 valence electrons. The molecule has 0 aliphatic carbocycles. The van der Waals surface area contributed by atoms with Gasteiger partial charge in [0.1, 0.15) is 0 Å². The molecule has 0 heterocycles. The summed E-state index contributed by atoms with van der Waals surface area (Å²) in [5.74, 6) is 0. The number of unbranched alkanes of at least 4 members (excludes halogenated alkanes) is 4. The summed E-state index contributed by atoms with van der Waals surface area (Å²) in [7, 11) is 1.09. The van der Waals surface area contributed by atoms with Gasteiger partial charge in [-0.05, 0) is 32.1 Å². The van der Waals surface area contributed by atoms with Crippen molar-refractivity contribution in [2.24, 2.45) is 0 Å². The Labute approximate surface area is 162 Å². The summed E-state index contributed by atoms with van der Waals surface area (Å²) in [6.07, 6.45) is 12.8. The lowest BCUT2D eigenvalue weighted by atomic mass is 9.96. The zero-order valence-corrected chi connectivity index (χ0v) is 20.5. The minimum absolute atomic E-state index is 0.121. The second-order valence-electron chi connectivity index (χ2n) is 7.74. The molecule has 3 heteroatoms. The molecule has 25 heavy (non-hydrogen) atoms. The first-order valence-corrected chi connectivity index (χ1v) is 12.2. The highest BCUT2D eigenvalue weighted by Gasteiger charge is 2.41. The molecule has 0 bridgehead atoms. The molecule has 0 unspecified atom stereocenters. The number of rotatable bonds is 17. The Morgan fingerprint density at radius 2 is 1.00 bits per heavy atom. The zero-order chi connectivity index (χ0) is 19.1. The average molecular weight is 369 g/mol. The predicted octanol–water partition coefficient (Wildman–Crippen LogP) is 5.17. The Morgan fingerprint density at radius 3 is 1.20 bits per heavy atom. The van der Waals surface area contributed by atoms with Crippen molar-refractivity contribution in [3.05, 3.63) is 11.8 Å². The molecule has 0 fully saturated rings. The van der Waals surface area contributed by atoms with E-state index in [1.165, 1.54) is 95.6 Å². The van der Waals surface area contributed by atoms with Crippen LogP contribution < -0.4 is 0 Å².